The van der Waals surface area contributed by atoms with Crippen molar-refractivity contribution in [1.82, 2.24) is 4.90 Å². The summed E-state index contributed by atoms with van der Waals surface area (Å²) in [4.78, 5) is 39.0. The van der Waals surface area contributed by atoms with Gasteiger partial charge in [-0.2, -0.15) is 0 Å². The van der Waals surface area contributed by atoms with Gasteiger partial charge in [0.25, 0.3) is 11.8 Å². The number of anilines is 1. The lowest BCUT2D eigenvalue weighted by molar-refractivity contribution is -0.140. The fourth-order valence-electron chi connectivity index (χ4n) is 4.24. The zero-order chi connectivity index (χ0) is 30.2. The first kappa shape index (κ1) is 29.6. The van der Waals surface area contributed by atoms with E-state index in [9.17, 15) is 14.4 Å². The van der Waals surface area contributed by atoms with Crippen LogP contribution >= 0.6 is 24.0 Å². The van der Waals surface area contributed by atoms with Crippen LogP contribution in [0.4, 0.5) is 5.69 Å². The van der Waals surface area contributed by atoms with Crippen LogP contribution in [0.15, 0.2) is 114 Å². The Morgan fingerprint density at radius 2 is 1.56 bits per heavy atom. The Hall–Kier alpha value is -4.93. The minimum absolute atomic E-state index is 0.166. The molecule has 5 rings (SSSR count). The number of aliphatic carboxylic acids is 1. The first-order valence-corrected chi connectivity index (χ1v) is 14.5. The summed E-state index contributed by atoms with van der Waals surface area (Å²) >= 11 is 6.25. The second-order valence-corrected chi connectivity index (χ2v) is 11.1. The summed E-state index contributed by atoms with van der Waals surface area (Å²) < 4.78 is 12.7. The number of benzene rings is 4. The second kappa shape index (κ2) is 13.8. The maximum Gasteiger partial charge on any atom is 0.323 e. The lowest BCUT2D eigenvalue weighted by atomic mass is 10.1. The normalized spacial score (nSPS) is 14.4. The SMILES string of the molecule is O=C(O)CN1C(=O)/C(=C/c2ccc(OCc3ccccc3)c(OC(C(=O)Nc3ccccc3)c3ccccc3)c2)SC1=S. The van der Waals surface area contributed by atoms with Crippen LogP contribution in [-0.4, -0.2) is 38.7 Å². The van der Waals surface area contributed by atoms with Crippen molar-refractivity contribution in [2.75, 3.05) is 11.9 Å². The van der Waals surface area contributed by atoms with Crippen molar-refractivity contribution in [2.24, 2.45) is 0 Å². The Morgan fingerprint density at radius 3 is 2.23 bits per heavy atom. The standard InChI is InChI=1S/C33H26N2O6S2/c36-29(37)20-35-32(39)28(43-33(35)42)19-23-16-17-26(40-21-22-10-4-1-5-11-22)27(18-23)41-30(24-12-6-2-7-13-24)31(38)34-25-14-8-3-9-15-25/h1-19,30H,20-21H2,(H,34,38)(H,36,37)/b28-19-. The van der Waals surface area contributed by atoms with Gasteiger partial charge in [-0.1, -0.05) is 109 Å². The van der Waals surface area contributed by atoms with Gasteiger partial charge in [-0.05, 0) is 41.5 Å². The van der Waals surface area contributed by atoms with Gasteiger partial charge in [0.15, 0.2) is 11.5 Å². The van der Waals surface area contributed by atoms with Crippen LogP contribution in [0.1, 0.15) is 22.8 Å². The van der Waals surface area contributed by atoms with Crippen LogP contribution in [0.3, 0.4) is 0 Å². The van der Waals surface area contributed by atoms with Gasteiger partial charge < -0.3 is 19.9 Å². The molecule has 1 unspecified atom stereocenters. The zero-order valence-electron chi connectivity index (χ0n) is 22.7. The Balaban J connectivity index is 1.49. The van der Waals surface area contributed by atoms with E-state index in [1.165, 1.54) is 0 Å². The molecule has 1 fully saturated rings. The average Bonchev–Trinajstić information content (AvgIpc) is 3.27. The molecule has 0 aliphatic carbocycles. The van der Waals surface area contributed by atoms with Crippen molar-refractivity contribution >= 4 is 57.8 Å². The summed E-state index contributed by atoms with van der Waals surface area (Å²) in [5.41, 5.74) is 2.77. The van der Waals surface area contributed by atoms with Gasteiger partial charge in [0, 0.05) is 11.3 Å². The van der Waals surface area contributed by atoms with Gasteiger partial charge in [0.1, 0.15) is 17.5 Å². The Kier molecular flexibility index (Phi) is 9.50. The number of ether oxygens (including phenoxy) is 2. The predicted molar refractivity (Wildman–Crippen MR) is 170 cm³/mol. The number of carboxylic acid groups (broad SMARTS) is 1. The average molecular weight is 611 g/mol. The number of hydrogen-bond acceptors (Lipinski definition) is 7. The van der Waals surface area contributed by atoms with E-state index in [4.69, 9.17) is 26.8 Å². The molecule has 1 heterocycles. The molecule has 43 heavy (non-hydrogen) atoms. The second-order valence-electron chi connectivity index (χ2n) is 9.41. The summed E-state index contributed by atoms with van der Waals surface area (Å²) in [6.45, 7) is -0.255. The fourth-order valence-corrected chi connectivity index (χ4v) is 5.50. The largest absolute Gasteiger partial charge is 0.485 e. The van der Waals surface area contributed by atoms with E-state index in [1.54, 1.807) is 48.5 Å². The Bertz CT molecular complexity index is 1660. The number of amides is 2. The van der Waals surface area contributed by atoms with E-state index in [0.29, 0.717) is 22.6 Å². The molecular weight excluding hydrogens is 585 g/mol. The van der Waals surface area contributed by atoms with E-state index in [-0.39, 0.29) is 27.5 Å². The maximum absolute atomic E-state index is 13.6. The highest BCUT2D eigenvalue weighted by atomic mass is 32.2. The molecule has 2 amide bonds. The van der Waals surface area contributed by atoms with E-state index in [1.807, 2.05) is 66.7 Å². The third kappa shape index (κ3) is 7.68. The first-order chi connectivity index (χ1) is 20.9. The molecule has 1 saturated heterocycles. The number of nitrogens with one attached hydrogen (secondary N) is 1. The predicted octanol–water partition coefficient (Wildman–Crippen LogP) is 6.31. The van der Waals surface area contributed by atoms with Crippen molar-refractivity contribution in [2.45, 2.75) is 12.7 Å². The monoisotopic (exact) mass is 610 g/mol. The van der Waals surface area contributed by atoms with E-state index >= 15 is 0 Å². The van der Waals surface area contributed by atoms with Gasteiger partial charge in [0.05, 0.1) is 4.91 Å². The molecule has 0 radical (unpaired) electrons. The first-order valence-electron chi connectivity index (χ1n) is 13.2. The molecule has 2 N–H and O–H groups in total. The van der Waals surface area contributed by atoms with Crippen molar-refractivity contribution in [3.63, 3.8) is 0 Å². The van der Waals surface area contributed by atoms with Gasteiger partial charge >= 0.3 is 5.97 Å². The lowest BCUT2D eigenvalue weighted by Gasteiger charge is -2.21. The molecule has 1 aliphatic rings. The highest BCUT2D eigenvalue weighted by Crippen LogP contribution is 2.37. The number of nitrogens with zero attached hydrogens (tertiary/aromatic N) is 1. The molecule has 4 aromatic rings. The molecule has 0 saturated carbocycles. The van der Waals surface area contributed by atoms with Gasteiger partial charge in [-0.3, -0.25) is 19.3 Å². The van der Waals surface area contributed by atoms with Crippen LogP contribution < -0.4 is 14.8 Å². The molecule has 216 valence electrons. The van der Waals surface area contributed by atoms with Crippen LogP contribution in [-0.2, 0) is 21.0 Å². The van der Waals surface area contributed by atoms with Crippen LogP contribution in [0, 0.1) is 0 Å². The van der Waals surface area contributed by atoms with E-state index < -0.39 is 24.5 Å². The third-order valence-electron chi connectivity index (χ3n) is 6.30. The van der Waals surface area contributed by atoms with Crippen molar-refractivity contribution in [3.8, 4) is 11.5 Å². The summed E-state index contributed by atoms with van der Waals surface area (Å²) in [7, 11) is 0. The fraction of sp³-hybridized carbons (Fsp3) is 0.0909. The van der Waals surface area contributed by atoms with Gasteiger partial charge in [-0.25, -0.2) is 0 Å². The number of thiocarbonyl (C=S) groups is 1. The molecule has 0 spiro atoms. The quantitative estimate of drug-likeness (QED) is 0.150. The highest BCUT2D eigenvalue weighted by molar-refractivity contribution is 8.26. The smallest absolute Gasteiger partial charge is 0.323 e. The molecule has 0 aromatic heterocycles. The molecule has 0 bridgehead atoms. The summed E-state index contributed by atoms with van der Waals surface area (Å²) in [6, 6.07) is 32.9. The summed E-state index contributed by atoms with van der Waals surface area (Å²) in [5, 5.41) is 12.1. The minimum atomic E-state index is -1.16. The number of carbonyl (C=O) groups excluding carboxylic acids is 2. The highest BCUT2D eigenvalue weighted by Gasteiger charge is 2.33. The van der Waals surface area contributed by atoms with Crippen LogP contribution in [0.5, 0.6) is 11.5 Å². The third-order valence-corrected chi connectivity index (χ3v) is 7.67. The summed E-state index contributed by atoms with van der Waals surface area (Å²) in [6.07, 6.45) is 0.570. The molecule has 1 aliphatic heterocycles. The maximum atomic E-state index is 13.6. The number of carbonyl (C=O) groups is 3. The number of thioether (sulfide) groups is 1. The number of rotatable bonds is 11. The minimum Gasteiger partial charge on any atom is -0.485 e. The van der Waals surface area contributed by atoms with Crippen molar-refractivity contribution in [3.05, 3.63) is 131 Å². The Labute approximate surface area is 257 Å². The Morgan fingerprint density at radius 1 is 0.907 bits per heavy atom. The molecular formula is C33H26N2O6S2. The number of para-hydroxylation sites is 1. The molecule has 10 heteroatoms. The van der Waals surface area contributed by atoms with Crippen molar-refractivity contribution < 1.29 is 29.0 Å². The lowest BCUT2D eigenvalue weighted by Crippen LogP contribution is -2.33. The van der Waals surface area contributed by atoms with E-state index in [2.05, 4.69) is 5.32 Å². The van der Waals surface area contributed by atoms with E-state index in [0.717, 1.165) is 22.2 Å². The van der Waals surface area contributed by atoms with Crippen molar-refractivity contribution in [1.29, 1.82) is 0 Å². The number of carboxylic acids is 1. The van der Waals surface area contributed by atoms with Crippen LogP contribution in [0.2, 0.25) is 0 Å². The van der Waals surface area contributed by atoms with Gasteiger partial charge in [0.2, 0.25) is 6.10 Å². The topological polar surface area (TPSA) is 105 Å². The molecule has 8 nitrogen and oxygen atoms in total. The number of hydrogen-bond donors (Lipinski definition) is 2. The molecule has 4 aromatic carbocycles. The van der Waals surface area contributed by atoms with Gasteiger partial charge in [-0.15, -0.1) is 0 Å². The zero-order valence-corrected chi connectivity index (χ0v) is 24.3. The summed E-state index contributed by atoms with van der Waals surface area (Å²) in [5.74, 6) is -1.36. The van der Waals surface area contributed by atoms with Crippen LogP contribution in [0.25, 0.3) is 6.08 Å². The molecule has 1 atom stereocenters.